The highest BCUT2D eigenvalue weighted by atomic mass is 16.5. The molecule has 0 spiro atoms. The molecule has 1 aliphatic rings. The minimum absolute atomic E-state index is 0.520. The highest BCUT2D eigenvalue weighted by Gasteiger charge is 2.21. The van der Waals surface area contributed by atoms with Gasteiger partial charge in [0.05, 0.1) is 0 Å². The number of hydrogen-bond acceptors (Lipinski definition) is 4. The van der Waals surface area contributed by atoms with E-state index >= 15 is 0 Å². The first kappa shape index (κ1) is 13.4. The molecular weight excluding hydrogens is 226 g/mol. The largest absolute Gasteiger partial charge is 0.373 e. The Morgan fingerprint density at radius 1 is 1.22 bits per heavy atom. The van der Waals surface area contributed by atoms with Gasteiger partial charge in [0.1, 0.15) is 6.61 Å². The molecule has 4 heteroatoms. The van der Waals surface area contributed by atoms with Crippen LogP contribution in [0.3, 0.4) is 0 Å². The van der Waals surface area contributed by atoms with Crippen molar-refractivity contribution >= 4 is 0 Å². The molecule has 18 heavy (non-hydrogen) atoms. The number of aromatic nitrogens is 2. The van der Waals surface area contributed by atoms with Crippen LogP contribution in [-0.2, 0) is 17.9 Å². The quantitative estimate of drug-likeness (QED) is 0.753. The molecule has 1 aromatic rings. The van der Waals surface area contributed by atoms with E-state index in [4.69, 9.17) is 4.74 Å². The van der Waals surface area contributed by atoms with Crippen molar-refractivity contribution < 1.29 is 4.74 Å². The summed E-state index contributed by atoms with van der Waals surface area (Å²) in [5, 5.41) is 3.52. The molecule has 1 aliphatic carbocycles. The van der Waals surface area contributed by atoms with Gasteiger partial charge < -0.3 is 10.1 Å². The number of nitrogens with zero attached hydrogens (tertiary/aromatic N) is 2. The standard InChI is InChI=1S/C14H23N3O/c1-4-7-18-9-14-16-10(2)13(11(3)17-14)8-15-12-5-6-12/h12,15H,4-9H2,1-3H3. The molecule has 0 aromatic carbocycles. The summed E-state index contributed by atoms with van der Waals surface area (Å²) in [6.07, 6.45) is 3.64. The van der Waals surface area contributed by atoms with Gasteiger partial charge in [-0.05, 0) is 33.1 Å². The maximum atomic E-state index is 5.49. The van der Waals surface area contributed by atoms with Gasteiger partial charge >= 0.3 is 0 Å². The zero-order chi connectivity index (χ0) is 13.0. The van der Waals surface area contributed by atoms with Gasteiger partial charge in [0.2, 0.25) is 0 Å². The van der Waals surface area contributed by atoms with Crippen LogP contribution in [0.1, 0.15) is 49.0 Å². The monoisotopic (exact) mass is 249 g/mol. The highest BCUT2D eigenvalue weighted by Crippen LogP contribution is 2.20. The smallest absolute Gasteiger partial charge is 0.154 e. The molecule has 0 saturated heterocycles. The predicted octanol–water partition coefficient (Wildman–Crippen LogP) is 2.27. The number of aryl methyl sites for hydroxylation is 2. The zero-order valence-corrected chi connectivity index (χ0v) is 11.6. The van der Waals surface area contributed by atoms with Crippen LogP contribution in [0.25, 0.3) is 0 Å². The van der Waals surface area contributed by atoms with E-state index in [0.29, 0.717) is 6.61 Å². The molecule has 0 unspecified atom stereocenters. The van der Waals surface area contributed by atoms with Gasteiger partial charge in [-0.3, -0.25) is 0 Å². The SMILES string of the molecule is CCCOCc1nc(C)c(CNC2CC2)c(C)n1. The van der Waals surface area contributed by atoms with Crippen molar-refractivity contribution in [1.29, 1.82) is 0 Å². The van der Waals surface area contributed by atoms with E-state index in [1.165, 1.54) is 18.4 Å². The third kappa shape index (κ3) is 3.75. The fourth-order valence-corrected chi connectivity index (χ4v) is 1.97. The lowest BCUT2D eigenvalue weighted by Gasteiger charge is -2.11. The Balaban J connectivity index is 1.97. The minimum Gasteiger partial charge on any atom is -0.373 e. The molecule has 100 valence electrons. The van der Waals surface area contributed by atoms with Gasteiger partial charge in [-0.2, -0.15) is 0 Å². The molecule has 1 heterocycles. The van der Waals surface area contributed by atoms with E-state index in [1.54, 1.807) is 0 Å². The van der Waals surface area contributed by atoms with Crippen molar-refractivity contribution in [3.8, 4) is 0 Å². The Bertz CT molecular complexity index is 379. The highest BCUT2D eigenvalue weighted by molar-refractivity contribution is 5.24. The molecule has 1 fully saturated rings. The van der Waals surface area contributed by atoms with E-state index in [1.807, 2.05) is 0 Å². The van der Waals surface area contributed by atoms with Gasteiger partial charge in [-0.1, -0.05) is 6.92 Å². The Hall–Kier alpha value is -1.00. The number of hydrogen-bond donors (Lipinski definition) is 1. The fourth-order valence-electron chi connectivity index (χ4n) is 1.97. The van der Waals surface area contributed by atoms with Gasteiger partial charge in [0.15, 0.2) is 5.82 Å². The molecular formula is C14H23N3O. The van der Waals surface area contributed by atoms with E-state index < -0.39 is 0 Å². The lowest BCUT2D eigenvalue weighted by Crippen LogP contribution is -2.18. The molecule has 1 N–H and O–H groups in total. The normalized spacial score (nSPS) is 15.1. The first-order valence-corrected chi connectivity index (χ1v) is 6.84. The van der Waals surface area contributed by atoms with Crippen LogP contribution in [0, 0.1) is 13.8 Å². The van der Waals surface area contributed by atoms with Gasteiger partial charge in [-0.15, -0.1) is 0 Å². The third-order valence-corrected chi connectivity index (χ3v) is 3.19. The summed E-state index contributed by atoms with van der Waals surface area (Å²) in [4.78, 5) is 9.06. The first-order chi connectivity index (χ1) is 8.70. The molecule has 4 nitrogen and oxygen atoms in total. The molecule has 2 rings (SSSR count). The lowest BCUT2D eigenvalue weighted by molar-refractivity contribution is 0.116. The third-order valence-electron chi connectivity index (χ3n) is 3.19. The van der Waals surface area contributed by atoms with Crippen molar-refractivity contribution in [2.24, 2.45) is 0 Å². The average molecular weight is 249 g/mol. The van der Waals surface area contributed by atoms with Crippen molar-refractivity contribution in [2.75, 3.05) is 6.61 Å². The first-order valence-electron chi connectivity index (χ1n) is 6.84. The minimum atomic E-state index is 0.520. The summed E-state index contributed by atoms with van der Waals surface area (Å²) >= 11 is 0. The van der Waals surface area contributed by atoms with E-state index in [0.717, 1.165) is 42.8 Å². The van der Waals surface area contributed by atoms with Crippen molar-refractivity contribution in [3.63, 3.8) is 0 Å². The summed E-state index contributed by atoms with van der Waals surface area (Å²) in [5.41, 5.74) is 3.39. The van der Waals surface area contributed by atoms with Gasteiger partial charge in [0.25, 0.3) is 0 Å². The second kappa shape index (κ2) is 6.25. The molecule has 1 aromatic heterocycles. The topological polar surface area (TPSA) is 47.0 Å². The maximum Gasteiger partial charge on any atom is 0.154 e. The average Bonchev–Trinajstić information content (AvgIpc) is 3.12. The van der Waals surface area contributed by atoms with Crippen LogP contribution in [0.15, 0.2) is 0 Å². The van der Waals surface area contributed by atoms with Crippen LogP contribution in [-0.4, -0.2) is 22.6 Å². The summed E-state index contributed by atoms with van der Waals surface area (Å²) in [7, 11) is 0. The van der Waals surface area contributed by atoms with Gasteiger partial charge in [-0.25, -0.2) is 9.97 Å². The Morgan fingerprint density at radius 2 is 1.89 bits per heavy atom. The van der Waals surface area contributed by atoms with Crippen LogP contribution < -0.4 is 5.32 Å². The van der Waals surface area contributed by atoms with E-state index in [2.05, 4.69) is 36.1 Å². The molecule has 0 atom stereocenters. The molecule has 0 bridgehead atoms. The van der Waals surface area contributed by atoms with Crippen LogP contribution in [0.5, 0.6) is 0 Å². The van der Waals surface area contributed by atoms with Gasteiger partial charge in [0, 0.05) is 36.1 Å². The number of nitrogens with one attached hydrogen (secondary N) is 1. The fraction of sp³-hybridized carbons (Fsp3) is 0.714. The summed E-state index contributed by atoms with van der Waals surface area (Å²) in [6.45, 7) is 8.39. The Labute approximate surface area is 109 Å². The number of ether oxygens (including phenoxy) is 1. The van der Waals surface area contributed by atoms with Crippen molar-refractivity contribution in [2.45, 2.75) is 59.2 Å². The van der Waals surface area contributed by atoms with E-state index in [-0.39, 0.29) is 0 Å². The molecule has 0 aliphatic heterocycles. The molecule has 0 radical (unpaired) electrons. The summed E-state index contributed by atoms with van der Waals surface area (Å²) in [5.74, 6) is 0.800. The molecule has 0 amide bonds. The second-order valence-corrected chi connectivity index (χ2v) is 5.00. The second-order valence-electron chi connectivity index (χ2n) is 5.00. The lowest BCUT2D eigenvalue weighted by atomic mass is 10.1. The van der Waals surface area contributed by atoms with E-state index in [9.17, 15) is 0 Å². The number of rotatable bonds is 7. The van der Waals surface area contributed by atoms with Crippen molar-refractivity contribution in [1.82, 2.24) is 15.3 Å². The summed E-state index contributed by atoms with van der Waals surface area (Å²) in [6, 6.07) is 0.719. The zero-order valence-electron chi connectivity index (χ0n) is 11.6. The maximum absolute atomic E-state index is 5.49. The summed E-state index contributed by atoms with van der Waals surface area (Å²) < 4.78 is 5.49. The predicted molar refractivity (Wildman–Crippen MR) is 71.3 cm³/mol. The van der Waals surface area contributed by atoms with Crippen LogP contribution >= 0.6 is 0 Å². The van der Waals surface area contributed by atoms with Crippen molar-refractivity contribution in [3.05, 3.63) is 22.8 Å². The Morgan fingerprint density at radius 3 is 2.44 bits per heavy atom. The van der Waals surface area contributed by atoms with Crippen LogP contribution in [0.2, 0.25) is 0 Å². The molecule has 1 saturated carbocycles. The Kier molecular flexibility index (Phi) is 4.66. The van der Waals surface area contributed by atoms with Crippen LogP contribution in [0.4, 0.5) is 0 Å².